The lowest BCUT2D eigenvalue weighted by Gasteiger charge is -2.16. The summed E-state index contributed by atoms with van der Waals surface area (Å²) in [5, 5.41) is 17.7. The van der Waals surface area contributed by atoms with Gasteiger partial charge in [0.1, 0.15) is 12.1 Å². The van der Waals surface area contributed by atoms with Gasteiger partial charge in [-0.2, -0.15) is 0 Å². The van der Waals surface area contributed by atoms with Crippen LogP contribution in [0, 0.1) is 13.8 Å². The predicted molar refractivity (Wildman–Crippen MR) is 167 cm³/mol. The molecule has 2 heterocycles. The monoisotopic (exact) mass is 630 g/mol. The lowest BCUT2D eigenvalue weighted by Crippen LogP contribution is -2.42. The maximum atomic E-state index is 13.3. The van der Waals surface area contributed by atoms with Crippen LogP contribution in [0.2, 0.25) is 0 Å². The van der Waals surface area contributed by atoms with Crippen molar-refractivity contribution in [3.05, 3.63) is 87.7 Å². The van der Waals surface area contributed by atoms with Gasteiger partial charge in [-0.05, 0) is 55.7 Å². The quantitative estimate of drug-likeness (QED) is 0.148. The average Bonchev–Trinajstić information content (AvgIpc) is 3.51. The molecule has 3 aromatic rings. The van der Waals surface area contributed by atoms with Gasteiger partial charge in [-0.3, -0.25) is 19.2 Å². The molecule has 13 heteroatoms. The highest BCUT2D eigenvalue weighted by Crippen LogP contribution is 2.35. The van der Waals surface area contributed by atoms with Crippen LogP contribution in [-0.2, 0) is 35.1 Å². The number of carbonyl (C=O) groups excluding carboxylic acids is 5. The van der Waals surface area contributed by atoms with E-state index < -0.39 is 47.7 Å². The van der Waals surface area contributed by atoms with E-state index in [2.05, 4.69) is 25.7 Å². The van der Waals surface area contributed by atoms with E-state index in [4.69, 9.17) is 4.74 Å². The minimum absolute atomic E-state index is 0.0396. The van der Waals surface area contributed by atoms with E-state index >= 15 is 0 Å². The molecule has 5 N–H and O–H groups in total. The molecule has 0 aliphatic carbocycles. The van der Waals surface area contributed by atoms with Gasteiger partial charge in [-0.25, -0.2) is 9.59 Å². The summed E-state index contributed by atoms with van der Waals surface area (Å²) in [5.41, 5.74) is 3.63. The second-order valence-corrected chi connectivity index (χ2v) is 10.7. The number of benzene rings is 2. The van der Waals surface area contributed by atoms with E-state index in [1.807, 2.05) is 6.07 Å². The van der Waals surface area contributed by atoms with Crippen molar-refractivity contribution < 1.29 is 43.3 Å². The molecule has 0 saturated heterocycles. The highest BCUT2D eigenvalue weighted by Gasteiger charge is 2.29. The predicted octanol–water partition coefficient (Wildman–Crippen LogP) is 2.77. The summed E-state index contributed by atoms with van der Waals surface area (Å²) in [7, 11) is 2.38. The number of aryl methyl sites for hydroxylation is 1. The van der Waals surface area contributed by atoms with Crippen molar-refractivity contribution in [3.8, 4) is 0 Å². The van der Waals surface area contributed by atoms with Crippen LogP contribution in [0.15, 0.2) is 48.5 Å². The van der Waals surface area contributed by atoms with Gasteiger partial charge in [-0.1, -0.05) is 30.3 Å². The number of anilines is 1. The molecule has 1 aromatic heterocycles. The van der Waals surface area contributed by atoms with E-state index in [0.717, 1.165) is 12.7 Å². The smallest absolute Gasteiger partial charge is 0.328 e. The number of esters is 2. The van der Waals surface area contributed by atoms with Crippen LogP contribution in [-0.4, -0.2) is 72.0 Å². The van der Waals surface area contributed by atoms with Gasteiger partial charge < -0.3 is 35.5 Å². The van der Waals surface area contributed by atoms with Crippen LogP contribution in [0.4, 0.5) is 5.69 Å². The number of carboxylic acid groups (broad SMARTS) is 1. The Balaban J connectivity index is 1.58. The maximum Gasteiger partial charge on any atom is 0.328 e. The summed E-state index contributed by atoms with van der Waals surface area (Å²) in [6.45, 7) is 3.34. The largest absolute Gasteiger partial charge is 0.480 e. The number of ether oxygens (including phenoxy) is 2. The van der Waals surface area contributed by atoms with Gasteiger partial charge >= 0.3 is 17.9 Å². The summed E-state index contributed by atoms with van der Waals surface area (Å²) in [6, 6.07) is 11.2. The number of carbonyl (C=O) groups is 6. The number of aliphatic carboxylic acids is 1. The Labute approximate surface area is 264 Å². The zero-order valence-electron chi connectivity index (χ0n) is 25.7. The third-order valence-electron chi connectivity index (χ3n) is 7.60. The van der Waals surface area contributed by atoms with Crippen molar-refractivity contribution in [3.63, 3.8) is 0 Å². The Morgan fingerprint density at radius 3 is 2.28 bits per heavy atom. The van der Waals surface area contributed by atoms with Crippen molar-refractivity contribution in [1.29, 1.82) is 0 Å². The molecule has 3 amide bonds. The molecule has 240 valence electrons. The number of rotatable bonds is 12. The van der Waals surface area contributed by atoms with Gasteiger partial charge in [0.15, 0.2) is 0 Å². The van der Waals surface area contributed by atoms with E-state index in [9.17, 15) is 33.9 Å². The molecule has 0 fully saturated rings. The number of carboxylic acids is 1. The molecule has 1 aliphatic heterocycles. The minimum Gasteiger partial charge on any atom is -0.480 e. The Morgan fingerprint density at radius 1 is 0.935 bits per heavy atom. The standard InChI is InChI=1S/C33H34N4O9/c1-17-25(34-18(2)28(17)31(41)37-26(32(42)43)14-19-8-6-5-7-9-19)16-22-21-15-20(10-11-23(21)35-30(22)40)29(39)36-24(33(44)46-4)12-13-27(38)45-3/h5-11,15-16,24,26,34H,12-14H2,1-4H3,(H,35,40)(H,36,39)(H,37,41)(H,42,43)/b22-16-/t24-,26-/m0/s1. The van der Waals surface area contributed by atoms with E-state index in [-0.39, 0.29) is 36.0 Å². The van der Waals surface area contributed by atoms with Gasteiger partial charge in [0.2, 0.25) is 0 Å². The second-order valence-electron chi connectivity index (χ2n) is 10.7. The molecule has 46 heavy (non-hydrogen) atoms. The SMILES string of the molecule is COC(=O)CC[C@H](NC(=O)c1ccc2c(c1)/C(=C/c1[nH]c(C)c(C(=O)N[C@@H](Cc3ccccc3)C(=O)O)c1C)C(=O)N2)C(=O)OC. The third kappa shape index (κ3) is 7.49. The molecule has 4 rings (SSSR count). The third-order valence-corrected chi connectivity index (χ3v) is 7.60. The fourth-order valence-electron chi connectivity index (χ4n) is 5.15. The summed E-state index contributed by atoms with van der Waals surface area (Å²) >= 11 is 0. The number of hydrogen-bond donors (Lipinski definition) is 5. The van der Waals surface area contributed by atoms with Crippen LogP contribution in [0.25, 0.3) is 11.6 Å². The second kappa shape index (κ2) is 14.4. The first-order chi connectivity index (χ1) is 21.9. The van der Waals surface area contributed by atoms with Gasteiger partial charge in [0, 0.05) is 41.0 Å². The Kier molecular flexibility index (Phi) is 10.4. The molecule has 0 radical (unpaired) electrons. The lowest BCUT2D eigenvalue weighted by atomic mass is 10.0. The molecule has 0 bridgehead atoms. The Morgan fingerprint density at radius 2 is 1.63 bits per heavy atom. The van der Waals surface area contributed by atoms with Crippen LogP contribution < -0.4 is 16.0 Å². The average molecular weight is 631 g/mol. The number of H-pyrrole nitrogens is 1. The van der Waals surface area contributed by atoms with Crippen molar-refractivity contribution in [2.24, 2.45) is 0 Å². The molecule has 1 aliphatic rings. The summed E-state index contributed by atoms with van der Waals surface area (Å²) < 4.78 is 9.36. The highest BCUT2D eigenvalue weighted by molar-refractivity contribution is 6.35. The number of hydrogen-bond acceptors (Lipinski definition) is 8. The molecule has 0 spiro atoms. The Hall–Kier alpha value is -5.72. The summed E-state index contributed by atoms with van der Waals surface area (Å²) in [6.07, 6.45) is 1.49. The number of fused-ring (bicyclic) bond motifs is 1. The van der Waals surface area contributed by atoms with Crippen molar-refractivity contribution in [2.75, 3.05) is 19.5 Å². The molecule has 2 atom stereocenters. The maximum absolute atomic E-state index is 13.3. The first-order valence-electron chi connectivity index (χ1n) is 14.3. The normalized spacial score (nSPS) is 14.1. The molecule has 13 nitrogen and oxygen atoms in total. The van der Waals surface area contributed by atoms with Crippen molar-refractivity contribution in [1.82, 2.24) is 15.6 Å². The van der Waals surface area contributed by atoms with E-state index in [1.54, 1.807) is 50.3 Å². The van der Waals surface area contributed by atoms with Gasteiger partial charge in [0.25, 0.3) is 17.7 Å². The number of aromatic nitrogens is 1. The molecule has 0 saturated carbocycles. The molecular weight excluding hydrogens is 596 g/mol. The van der Waals surface area contributed by atoms with Crippen LogP contribution in [0.3, 0.4) is 0 Å². The van der Waals surface area contributed by atoms with E-state index in [0.29, 0.717) is 28.2 Å². The Bertz CT molecular complexity index is 1730. The molecule has 2 aromatic carbocycles. The fraction of sp³-hybridized carbons (Fsp3) is 0.273. The first-order valence-corrected chi connectivity index (χ1v) is 14.3. The topological polar surface area (TPSA) is 193 Å². The fourth-order valence-corrected chi connectivity index (χ4v) is 5.15. The van der Waals surface area contributed by atoms with Crippen molar-refractivity contribution in [2.45, 2.75) is 45.2 Å². The van der Waals surface area contributed by atoms with Gasteiger partial charge in [0.05, 0.1) is 25.4 Å². The zero-order valence-corrected chi connectivity index (χ0v) is 25.7. The summed E-state index contributed by atoms with van der Waals surface area (Å²) in [5.74, 6) is -4.11. The van der Waals surface area contributed by atoms with Crippen LogP contribution >= 0.6 is 0 Å². The van der Waals surface area contributed by atoms with E-state index in [1.165, 1.54) is 19.2 Å². The lowest BCUT2D eigenvalue weighted by molar-refractivity contribution is -0.144. The number of amides is 3. The zero-order chi connectivity index (χ0) is 33.5. The van der Waals surface area contributed by atoms with Crippen molar-refractivity contribution >= 4 is 53.0 Å². The number of aromatic amines is 1. The van der Waals surface area contributed by atoms with Gasteiger partial charge in [-0.15, -0.1) is 0 Å². The highest BCUT2D eigenvalue weighted by atomic mass is 16.5. The number of nitrogens with one attached hydrogen (secondary N) is 4. The minimum atomic E-state index is -1.18. The molecule has 0 unspecified atom stereocenters. The molecular formula is C33H34N4O9. The first kappa shape index (κ1) is 33.2. The summed E-state index contributed by atoms with van der Waals surface area (Å²) in [4.78, 5) is 78.2. The van der Waals surface area contributed by atoms with Crippen LogP contribution in [0.5, 0.6) is 0 Å². The van der Waals surface area contributed by atoms with Crippen LogP contribution in [0.1, 0.15) is 61.6 Å². The number of methoxy groups -OCH3 is 2.